The number of hydrogen-bond acceptors (Lipinski definition) is 5. The normalized spacial score (nSPS) is 10.9. The molecule has 6 nitrogen and oxygen atoms in total. The van der Waals surface area contributed by atoms with Crippen molar-refractivity contribution in [2.75, 3.05) is 6.61 Å². The molecule has 2 heterocycles. The maximum atomic E-state index is 13.2. The Balaban J connectivity index is 1.68. The predicted molar refractivity (Wildman–Crippen MR) is 127 cm³/mol. The fourth-order valence-corrected chi connectivity index (χ4v) is 4.28. The van der Waals surface area contributed by atoms with E-state index < -0.39 is 18.4 Å². The summed E-state index contributed by atoms with van der Waals surface area (Å²) in [4.78, 5) is 45.6. The van der Waals surface area contributed by atoms with Crippen LogP contribution in [0.5, 0.6) is 0 Å². The number of aromatic amines is 1. The second kappa shape index (κ2) is 8.82. The summed E-state index contributed by atoms with van der Waals surface area (Å²) in [6, 6.07) is 17.0. The molecule has 4 rings (SSSR count). The minimum Gasteiger partial charge on any atom is -0.454 e. The van der Waals surface area contributed by atoms with E-state index in [-0.39, 0.29) is 11.5 Å². The van der Waals surface area contributed by atoms with Gasteiger partial charge in [0, 0.05) is 22.2 Å². The van der Waals surface area contributed by atoms with Crippen molar-refractivity contribution in [2.24, 2.45) is 0 Å². The number of Topliss-reactive ketones (excluding diaryl/α,β-unsaturated/α-hetero) is 2. The Morgan fingerprint density at radius 2 is 1.55 bits per heavy atom. The maximum Gasteiger partial charge on any atom is 0.339 e. The summed E-state index contributed by atoms with van der Waals surface area (Å²) in [6.45, 7) is 6.30. The molecule has 2 aromatic heterocycles. The van der Waals surface area contributed by atoms with Crippen molar-refractivity contribution in [3.05, 3.63) is 88.2 Å². The van der Waals surface area contributed by atoms with E-state index in [1.165, 1.54) is 6.92 Å². The number of nitrogens with zero attached hydrogens (tertiary/aromatic N) is 1. The molecule has 0 aliphatic carbocycles. The van der Waals surface area contributed by atoms with E-state index >= 15 is 0 Å². The van der Waals surface area contributed by atoms with Gasteiger partial charge in [0.1, 0.15) is 0 Å². The maximum absolute atomic E-state index is 13.2. The Bertz CT molecular complexity index is 1400. The molecule has 6 heteroatoms. The fourth-order valence-electron chi connectivity index (χ4n) is 4.28. The van der Waals surface area contributed by atoms with Crippen molar-refractivity contribution < 1.29 is 19.1 Å². The minimum absolute atomic E-state index is 0.121. The summed E-state index contributed by atoms with van der Waals surface area (Å²) in [5, 5.41) is 0.665. The third kappa shape index (κ3) is 4.07. The fraction of sp³-hybridized carbons (Fsp3) is 0.185. The van der Waals surface area contributed by atoms with Crippen LogP contribution in [0.2, 0.25) is 0 Å². The average Bonchev–Trinajstić information content (AvgIpc) is 3.11. The Morgan fingerprint density at radius 1 is 0.879 bits per heavy atom. The number of aromatic nitrogens is 2. The third-order valence-electron chi connectivity index (χ3n) is 5.79. The lowest BCUT2D eigenvalue weighted by Gasteiger charge is -2.14. The van der Waals surface area contributed by atoms with Crippen molar-refractivity contribution in [2.45, 2.75) is 27.7 Å². The number of carbonyl (C=O) groups is 3. The first kappa shape index (κ1) is 22.1. The molecule has 0 radical (unpaired) electrons. The molecule has 1 N–H and O–H groups in total. The van der Waals surface area contributed by atoms with Crippen molar-refractivity contribution in [3.63, 3.8) is 0 Å². The molecular formula is C27H24N2O4. The molecule has 33 heavy (non-hydrogen) atoms. The number of fused-ring (bicyclic) bond motifs is 1. The lowest BCUT2D eigenvalue weighted by Crippen LogP contribution is -2.17. The van der Waals surface area contributed by atoms with Gasteiger partial charge in [-0.15, -0.1) is 0 Å². The summed E-state index contributed by atoms with van der Waals surface area (Å²) in [5.41, 5.74) is 5.28. The number of H-pyrrole nitrogens is 1. The largest absolute Gasteiger partial charge is 0.454 e. The number of ketones is 2. The SMILES string of the molecule is CC(=O)c1c(C)[nH]c(C(=O)COC(=O)c2c(C)c(-c3ccccc3)nc3ccccc23)c1C. The van der Waals surface area contributed by atoms with Gasteiger partial charge in [0.05, 0.1) is 22.5 Å². The minimum atomic E-state index is -0.593. The second-order valence-corrected chi connectivity index (χ2v) is 8.02. The highest BCUT2D eigenvalue weighted by atomic mass is 16.5. The standard InChI is InChI=1S/C27H24N2O4/c1-15-23(18(4)30)17(3)28-26(15)22(31)14-33-27(32)24-16(2)25(19-10-6-5-7-11-19)29-21-13-9-8-12-20(21)24/h5-13,28H,14H2,1-4H3. The van der Waals surface area contributed by atoms with E-state index in [0.29, 0.717) is 44.5 Å². The number of carbonyl (C=O) groups excluding carboxylic acids is 3. The molecule has 0 amide bonds. The lowest BCUT2D eigenvalue weighted by atomic mass is 9.98. The predicted octanol–water partition coefficient (Wildman–Crippen LogP) is 5.40. The zero-order chi connectivity index (χ0) is 23.7. The van der Waals surface area contributed by atoms with Crippen LogP contribution in [-0.2, 0) is 4.74 Å². The Hall–Kier alpha value is -4.06. The van der Waals surface area contributed by atoms with Crippen LogP contribution < -0.4 is 0 Å². The van der Waals surface area contributed by atoms with Gasteiger partial charge in [-0.1, -0.05) is 48.5 Å². The summed E-state index contributed by atoms with van der Waals surface area (Å²) in [6.07, 6.45) is 0. The van der Waals surface area contributed by atoms with Gasteiger partial charge in [0.15, 0.2) is 12.4 Å². The second-order valence-electron chi connectivity index (χ2n) is 8.02. The molecule has 0 aliphatic rings. The molecule has 0 aliphatic heterocycles. The van der Waals surface area contributed by atoms with Gasteiger partial charge in [-0.2, -0.15) is 0 Å². The Kier molecular flexibility index (Phi) is 5.92. The average molecular weight is 440 g/mol. The highest BCUT2D eigenvalue weighted by Gasteiger charge is 2.23. The molecule has 4 aromatic rings. The number of para-hydroxylation sites is 1. The molecule has 0 spiro atoms. The van der Waals surface area contributed by atoms with E-state index in [9.17, 15) is 14.4 Å². The molecular weight excluding hydrogens is 416 g/mol. The summed E-state index contributed by atoms with van der Waals surface area (Å²) in [5.74, 6) is -1.11. The number of pyridine rings is 1. The van der Waals surface area contributed by atoms with E-state index in [1.54, 1.807) is 13.8 Å². The lowest BCUT2D eigenvalue weighted by molar-refractivity contribution is 0.0474. The molecule has 0 atom stereocenters. The van der Waals surface area contributed by atoms with E-state index in [2.05, 4.69) is 4.98 Å². The highest BCUT2D eigenvalue weighted by Crippen LogP contribution is 2.30. The van der Waals surface area contributed by atoms with Crippen LogP contribution in [0.1, 0.15) is 54.9 Å². The number of aryl methyl sites for hydroxylation is 1. The van der Waals surface area contributed by atoms with Crippen LogP contribution in [0, 0.1) is 20.8 Å². The molecule has 0 bridgehead atoms. The number of esters is 1. The van der Waals surface area contributed by atoms with E-state index in [4.69, 9.17) is 9.72 Å². The summed E-state index contributed by atoms with van der Waals surface area (Å²) >= 11 is 0. The first-order valence-corrected chi connectivity index (χ1v) is 10.6. The first-order valence-electron chi connectivity index (χ1n) is 10.6. The first-order chi connectivity index (χ1) is 15.8. The molecule has 166 valence electrons. The quantitative estimate of drug-likeness (QED) is 0.320. The third-order valence-corrected chi connectivity index (χ3v) is 5.79. The van der Waals surface area contributed by atoms with Crippen molar-refractivity contribution in [1.29, 1.82) is 0 Å². The summed E-state index contributed by atoms with van der Waals surface area (Å²) in [7, 11) is 0. The van der Waals surface area contributed by atoms with Gasteiger partial charge < -0.3 is 9.72 Å². The Morgan fingerprint density at radius 3 is 2.21 bits per heavy atom. The van der Waals surface area contributed by atoms with Crippen LogP contribution >= 0.6 is 0 Å². The van der Waals surface area contributed by atoms with Crippen LogP contribution in [0.3, 0.4) is 0 Å². The zero-order valence-electron chi connectivity index (χ0n) is 19.0. The Labute approximate surface area is 191 Å². The van der Waals surface area contributed by atoms with Gasteiger partial charge in [0.25, 0.3) is 0 Å². The smallest absolute Gasteiger partial charge is 0.339 e. The van der Waals surface area contributed by atoms with Gasteiger partial charge in [-0.3, -0.25) is 9.59 Å². The number of ether oxygens (including phenoxy) is 1. The number of hydrogen-bond donors (Lipinski definition) is 1. The van der Waals surface area contributed by atoms with Crippen molar-refractivity contribution in [1.82, 2.24) is 9.97 Å². The van der Waals surface area contributed by atoms with Crippen molar-refractivity contribution in [3.8, 4) is 11.3 Å². The topological polar surface area (TPSA) is 89.1 Å². The van der Waals surface area contributed by atoms with Gasteiger partial charge >= 0.3 is 5.97 Å². The van der Waals surface area contributed by atoms with Gasteiger partial charge in [0.2, 0.25) is 5.78 Å². The van der Waals surface area contributed by atoms with E-state index in [0.717, 1.165) is 5.56 Å². The number of benzene rings is 2. The molecule has 0 fully saturated rings. The number of rotatable bonds is 6. The molecule has 0 saturated heterocycles. The van der Waals surface area contributed by atoms with Crippen molar-refractivity contribution >= 4 is 28.4 Å². The van der Waals surface area contributed by atoms with Gasteiger partial charge in [-0.25, -0.2) is 9.78 Å². The van der Waals surface area contributed by atoms with Crippen LogP contribution in [0.15, 0.2) is 54.6 Å². The number of nitrogens with one attached hydrogen (secondary N) is 1. The molecule has 0 saturated carbocycles. The van der Waals surface area contributed by atoms with Gasteiger partial charge in [-0.05, 0) is 44.9 Å². The van der Waals surface area contributed by atoms with Crippen LogP contribution in [0.4, 0.5) is 0 Å². The highest BCUT2D eigenvalue weighted by molar-refractivity contribution is 6.08. The van der Waals surface area contributed by atoms with Crippen LogP contribution in [-0.4, -0.2) is 34.1 Å². The molecule has 0 unspecified atom stereocenters. The molecule has 2 aromatic carbocycles. The van der Waals surface area contributed by atoms with E-state index in [1.807, 2.05) is 61.5 Å². The monoisotopic (exact) mass is 440 g/mol. The summed E-state index contributed by atoms with van der Waals surface area (Å²) < 4.78 is 5.47. The van der Waals surface area contributed by atoms with Crippen LogP contribution in [0.25, 0.3) is 22.2 Å². The zero-order valence-corrected chi connectivity index (χ0v) is 19.0.